The van der Waals surface area contributed by atoms with Gasteiger partial charge in [0.2, 0.25) is 0 Å². The molecule has 8 nitrogen and oxygen atoms in total. The van der Waals surface area contributed by atoms with Crippen LogP contribution >= 0.6 is 15.9 Å². The fourth-order valence-corrected chi connectivity index (χ4v) is 2.09. The normalized spacial score (nSPS) is 10.0. The van der Waals surface area contributed by atoms with Crippen molar-refractivity contribution in [1.82, 2.24) is 0 Å². The Bertz CT molecular complexity index is 778. The monoisotopic (exact) mass is 365 g/mol. The maximum atomic E-state index is 12.1. The van der Waals surface area contributed by atoms with Crippen LogP contribution < -0.4 is 5.32 Å². The molecule has 0 aliphatic rings. The first-order chi connectivity index (χ1) is 10.4. The van der Waals surface area contributed by atoms with Gasteiger partial charge in [0, 0.05) is 29.4 Å². The molecule has 0 bridgehead atoms. The minimum atomic E-state index is -0.617. The van der Waals surface area contributed by atoms with Gasteiger partial charge in [-0.1, -0.05) is 6.07 Å². The summed E-state index contributed by atoms with van der Waals surface area (Å²) in [6.45, 7) is 0. The molecule has 0 atom stereocenters. The number of rotatable bonds is 4. The van der Waals surface area contributed by atoms with Crippen LogP contribution in [0.5, 0.6) is 0 Å². The molecular formula is C13H8BrN3O5. The topological polar surface area (TPSA) is 115 Å². The molecule has 0 aromatic heterocycles. The van der Waals surface area contributed by atoms with Gasteiger partial charge in [0.25, 0.3) is 17.3 Å². The number of nitro benzene ring substituents is 2. The number of amides is 1. The Morgan fingerprint density at radius 1 is 1.05 bits per heavy atom. The quantitative estimate of drug-likeness (QED) is 0.657. The number of halogens is 1. The van der Waals surface area contributed by atoms with Gasteiger partial charge < -0.3 is 5.32 Å². The molecular weight excluding hydrogens is 358 g/mol. The third-order valence-corrected chi connectivity index (χ3v) is 3.39. The van der Waals surface area contributed by atoms with Gasteiger partial charge in [0.05, 0.1) is 14.3 Å². The van der Waals surface area contributed by atoms with E-state index in [1.807, 2.05) is 0 Å². The van der Waals surface area contributed by atoms with Crippen molar-refractivity contribution in [2.45, 2.75) is 0 Å². The van der Waals surface area contributed by atoms with Crippen LogP contribution in [0.2, 0.25) is 0 Å². The molecule has 2 aromatic rings. The summed E-state index contributed by atoms with van der Waals surface area (Å²) in [4.78, 5) is 32.4. The number of nitrogens with one attached hydrogen (secondary N) is 1. The number of non-ortho nitro benzene ring substituents is 1. The maximum Gasteiger partial charge on any atom is 0.284 e. The van der Waals surface area contributed by atoms with Gasteiger partial charge in [-0.15, -0.1) is 0 Å². The lowest BCUT2D eigenvalue weighted by molar-refractivity contribution is -0.385. The highest BCUT2D eigenvalue weighted by molar-refractivity contribution is 9.10. The van der Waals surface area contributed by atoms with Crippen molar-refractivity contribution in [2.24, 2.45) is 0 Å². The first-order valence-electron chi connectivity index (χ1n) is 5.88. The van der Waals surface area contributed by atoms with E-state index in [9.17, 15) is 25.0 Å². The first-order valence-corrected chi connectivity index (χ1v) is 6.67. The molecule has 0 fully saturated rings. The number of nitrogens with zero attached hydrogens (tertiary/aromatic N) is 2. The molecule has 0 aliphatic heterocycles. The molecule has 1 N–H and O–H groups in total. The van der Waals surface area contributed by atoms with Gasteiger partial charge in [0.15, 0.2) is 0 Å². The van der Waals surface area contributed by atoms with Crippen molar-refractivity contribution in [3.63, 3.8) is 0 Å². The summed E-state index contributed by atoms with van der Waals surface area (Å²) in [6.07, 6.45) is 0. The number of hydrogen-bond acceptors (Lipinski definition) is 5. The summed E-state index contributed by atoms with van der Waals surface area (Å²) in [7, 11) is 0. The second-order valence-electron chi connectivity index (χ2n) is 4.18. The molecule has 0 spiro atoms. The van der Waals surface area contributed by atoms with E-state index < -0.39 is 15.8 Å². The predicted molar refractivity (Wildman–Crippen MR) is 81.8 cm³/mol. The van der Waals surface area contributed by atoms with Crippen LogP contribution in [0.15, 0.2) is 46.9 Å². The minimum Gasteiger partial charge on any atom is -0.322 e. The Labute approximate surface area is 132 Å². The zero-order chi connectivity index (χ0) is 16.3. The fourth-order valence-electron chi connectivity index (χ4n) is 1.69. The standard InChI is InChI=1S/C13H8BrN3O5/c14-11-5-4-8(6-12(11)17(21)22)13(18)15-9-2-1-3-10(7-9)16(19)20/h1-7H,(H,15,18). The van der Waals surface area contributed by atoms with Crippen molar-refractivity contribution in [2.75, 3.05) is 5.32 Å². The lowest BCUT2D eigenvalue weighted by atomic mass is 10.2. The number of nitro groups is 2. The molecule has 0 heterocycles. The summed E-state index contributed by atoms with van der Waals surface area (Å²) >= 11 is 3.02. The summed E-state index contributed by atoms with van der Waals surface area (Å²) < 4.78 is 0.254. The highest BCUT2D eigenvalue weighted by atomic mass is 79.9. The minimum absolute atomic E-state index is 0.0707. The first kappa shape index (κ1) is 15.6. The second kappa shape index (κ2) is 6.31. The van der Waals surface area contributed by atoms with Crippen LogP contribution in [0.1, 0.15) is 10.4 Å². The fraction of sp³-hybridized carbons (Fsp3) is 0. The number of carbonyl (C=O) groups excluding carboxylic acids is 1. The summed E-state index contributed by atoms with van der Waals surface area (Å²) in [5, 5.41) is 24.0. The number of anilines is 1. The van der Waals surface area contributed by atoms with E-state index >= 15 is 0 Å². The van der Waals surface area contributed by atoms with Crippen LogP contribution in [-0.2, 0) is 0 Å². The van der Waals surface area contributed by atoms with Crippen molar-refractivity contribution in [3.8, 4) is 0 Å². The Hall–Kier alpha value is -2.81. The van der Waals surface area contributed by atoms with Crippen LogP contribution in [0.4, 0.5) is 17.1 Å². The van der Waals surface area contributed by atoms with E-state index in [1.165, 1.54) is 36.4 Å². The van der Waals surface area contributed by atoms with E-state index in [-0.39, 0.29) is 27.1 Å². The predicted octanol–water partition coefficient (Wildman–Crippen LogP) is 3.52. The average Bonchev–Trinajstić information content (AvgIpc) is 2.47. The van der Waals surface area contributed by atoms with Gasteiger partial charge in [-0.2, -0.15) is 0 Å². The molecule has 9 heteroatoms. The zero-order valence-corrected chi connectivity index (χ0v) is 12.4. The largest absolute Gasteiger partial charge is 0.322 e. The summed E-state index contributed by atoms with van der Waals surface area (Å²) in [5.41, 5.74) is -0.113. The summed E-state index contributed by atoms with van der Waals surface area (Å²) in [6, 6.07) is 9.32. The van der Waals surface area contributed by atoms with E-state index in [4.69, 9.17) is 0 Å². The average molecular weight is 366 g/mol. The number of benzene rings is 2. The van der Waals surface area contributed by atoms with E-state index in [0.29, 0.717) is 0 Å². The van der Waals surface area contributed by atoms with Crippen LogP contribution in [-0.4, -0.2) is 15.8 Å². The molecule has 0 unspecified atom stereocenters. The van der Waals surface area contributed by atoms with Gasteiger partial charge in [0.1, 0.15) is 0 Å². The summed E-state index contributed by atoms with van der Waals surface area (Å²) in [5.74, 6) is -0.601. The van der Waals surface area contributed by atoms with Crippen molar-refractivity contribution >= 4 is 38.9 Å². The second-order valence-corrected chi connectivity index (χ2v) is 5.04. The Balaban J connectivity index is 2.26. The molecule has 2 aromatic carbocycles. The molecule has 112 valence electrons. The van der Waals surface area contributed by atoms with Crippen molar-refractivity contribution in [1.29, 1.82) is 0 Å². The van der Waals surface area contributed by atoms with Crippen molar-refractivity contribution in [3.05, 3.63) is 72.7 Å². The van der Waals surface area contributed by atoms with Gasteiger partial charge >= 0.3 is 0 Å². The molecule has 1 amide bonds. The Kier molecular flexibility index (Phi) is 4.47. The smallest absolute Gasteiger partial charge is 0.284 e. The Morgan fingerprint density at radius 3 is 2.41 bits per heavy atom. The molecule has 0 saturated carbocycles. The SMILES string of the molecule is O=C(Nc1cccc([N+](=O)[O-])c1)c1ccc(Br)c([N+](=O)[O-])c1. The van der Waals surface area contributed by atoms with E-state index in [2.05, 4.69) is 21.2 Å². The lowest BCUT2D eigenvalue weighted by Crippen LogP contribution is -2.12. The molecule has 0 radical (unpaired) electrons. The van der Waals surface area contributed by atoms with Crippen LogP contribution in [0.25, 0.3) is 0 Å². The third kappa shape index (κ3) is 3.44. The van der Waals surface area contributed by atoms with E-state index in [0.717, 1.165) is 6.07 Å². The third-order valence-electron chi connectivity index (χ3n) is 2.72. The highest BCUT2D eigenvalue weighted by Crippen LogP contribution is 2.26. The van der Waals surface area contributed by atoms with Gasteiger partial charge in [-0.3, -0.25) is 25.0 Å². The zero-order valence-electron chi connectivity index (χ0n) is 10.9. The van der Waals surface area contributed by atoms with Crippen LogP contribution in [0.3, 0.4) is 0 Å². The van der Waals surface area contributed by atoms with Crippen LogP contribution in [0, 0.1) is 20.2 Å². The maximum absolute atomic E-state index is 12.1. The number of hydrogen-bond donors (Lipinski definition) is 1. The highest BCUT2D eigenvalue weighted by Gasteiger charge is 2.16. The van der Waals surface area contributed by atoms with E-state index in [1.54, 1.807) is 0 Å². The molecule has 22 heavy (non-hydrogen) atoms. The molecule has 0 aliphatic carbocycles. The Morgan fingerprint density at radius 2 is 1.77 bits per heavy atom. The van der Waals surface area contributed by atoms with Crippen molar-refractivity contribution < 1.29 is 14.6 Å². The number of carbonyl (C=O) groups is 1. The molecule has 2 rings (SSSR count). The van der Waals surface area contributed by atoms with Gasteiger partial charge in [-0.05, 0) is 34.1 Å². The molecule has 0 saturated heterocycles. The lowest BCUT2D eigenvalue weighted by Gasteiger charge is -2.05. The van der Waals surface area contributed by atoms with Gasteiger partial charge in [-0.25, -0.2) is 0 Å².